The number of rotatable bonds is 5. The standard InChI is InChI=1S/C24H24BrF3N4O2S/c1-16-22(15-18-4-3-5-19(14-18)24(26,27)28)23(30-17(2)29-16)31-10-12-32(13-11-31)35(33,34)21-8-6-20(25)7-9-21/h3-9,14H,10-13,15H2,1-2H3. The molecule has 0 spiro atoms. The van der Waals surface area contributed by atoms with E-state index >= 15 is 0 Å². The van der Waals surface area contributed by atoms with Crippen molar-refractivity contribution >= 4 is 31.8 Å². The largest absolute Gasteiger partial charge is 0.416 e. The first-order chi connectivity index (χ1) is 16.4. The topological polar surface area (TPSA) is 66.4 Å². The van der Waals surface area contributed by atoms with Gasteiger partial charge in [0.15, 0.2) is 0 Å². The van der Waals surface area contributed by atoms with Gasteiger partial charge in [0.2, 0.25) is 10.0 Å². The second-order valence-corrected chi connectivity index (χ2v) is 11.2. The maximum atomic E-state index is 13.2. The van der Waals surface area contributed by atoms with Crippen molar-refractivity contribution in [1.82, 2.24) is 14.3 Å². The highest BCUT2D eigenvalue weighted by Gasteiger charge is 2.32. The van der Waals surface area contributed by atoms with Crippen molar-refractivity contribution in [2.75, 3.05) is 31.1 Å². The fraction of sp³-hybridized carbons (Fsp3) is 0.333. The number of halogens is 4. The molecule has 0 radical (unpaired) electrons. The van der Waals surface area contributed by atoms with Gasteiger partial charge in [0, 0.05) is 48.3 Å². The molecule has 1 aliphatic heterocycles. The Balaban J connectivity index is 1.57. The third-order valence-corrected chi connectivity index (χ3v) is 8.37. The Labute approximate surface area is 211 Å². The predicted octanol–water partition coefficient (Wildman–Crippen LogP) is 4.98. The van der Waals surface area contributed by atoms with Gasteiger partial charge in [-0.2, -0.15) is 17.5 Å². The van der Waals surface area contributed by atoms with Crippen LogP contribution >= 0.6 is 15.9 Å². The van der Waals surface area contributed by atoms with Gasteiger partial charge in [-0.3, -0.25) is 0 Å². The van der Waals surface area contributed by atoms with Gasteiger partial charge < -0.3 is 4.90 Å². The lowest BCUT2D eigenvalue weighted by Gasteiger charge is -2.36. The number of nitrogens with zero attached hydrogens (tertiary/aromatic N) is 4. The van der Waals surface area contributed by atoms with Gasteiger partial charge in [0.05, 0.1) is 10.5 Å². The normalized spacial score (nSPS) is 15.4. The van der Waals surface area contributed by atoms with Crippen molar-refractivity contribution < 1.29 is 21.6 Å². The molecule has 0 amide bonds. The zero-order valence-electron chi connectivity index (χ0n) is 19.2. The molecule has 6 nitrogen and oxygen atoms in total. The third kappa shape index (κ3) is 5.68. The van der Waals surface area contributed by atoms with E-state index in [1.165, 1.54) is 10.4 Å². The number of piperazine rings is 1. The van der Waals surface area contributed by atoms with Crippen LogP contribution < -0.4 is 4.90 Å². The molecule has 0 N–H and O–H groups in total. The predicted molar refractivity (Wildman–Crippen MR) is 131 cm³/mol. The summed E-state index contributed by atoms with van der Waals surface area (Å²) in [5, 5.41) is 0. The van der Waals surface area contributed by atoms with Gasteiger partial charge in [-0.05, 0) is 49.7 Å². The molecule has 1 saturated heterocycles. The SMILES string of the molecule is Cc1nc(C)c(Cc2cccc(C(F)(F)F)c2)c(N2CCN(S(=O)(=O)c3ccc(Br)cc3)CC2)n1. The Morgan fingerprint density at radius 3 is 2.26 bits per heavy atom. The molecular weight excluding hydrogens is 545 g/mol. The van der Waals surface area contributed by atoms with E-state index in [9.17, 15) is 21.6 Å². The number of hydrogen-bond donors (Lipinski definition) is 0. The lowest BCUT2D eigenvalue weighted by atomic mass is 10.0. The number of sulfonamides is 1. The molecule has 2 aromatic carbocycles. The number of hydrogen-bond acceptors (Lipinski definition) is 5. The number of aromatic nitrogens is 2. The van der Waals surface area contributed by atoms with Gasteiger partial charge in [0.25, 0.3) is 0 Å². The molecule has 0 bridgehead atoms. The van der Waals surface area contributed by atoms with Crippen molar-refractivity contribution in [3.8, 4) is 0 Å². The molecule has 1 aromatic heterocycles. The van der Waals surface area contributed by atoms with Crippen LogP contribution in [0.2, 0.25) is 0 Å². The zero-order valence-corrected chi connectivity index (χ0v) is 21.6. The lowest BCUT2D eigenvalue weighted by molar-refractivity contribution is -0.137. The number of aryl methyl sites for hydroxylation is 2. The third-order valence-electron chi connectivity index (χ3n) is 5.93. The minimum absolute atomic E-state index is 0.230. The first kappa shape index (κ1) is 25.6. The van der Waals surface area contributed by atoms with Crippen LogP contribution in [0.5, 0.6) is 0 Å². The summed E-state index contributed by atoms with van der Waals surface area (Å²) in [4.78, 5) is 11.2. The van der Waals surface area contributed by atoms with Crippen molar-refractivity contribution in [2.24, 2.45) is 0 Å². The van der Waals surface area contributed by atoms with E-state index in [0.717, 1.165) is 22.2 Å². The van der Waals surface area contributed by atoms with Crippen molar-refractivity contribution in [1.29, 1.82) is 0 Å². The van der Waals surface area contributed by atoms with Gasteiger partial charge >= 0.3 is 6.18 Å². The molecule has 11 heteroatoms. The van der Waals surface area contributed by atoms with Crippen molar-refractivity contribution in [3.63, 3.8) is 0 Å². The first-order valence-corrected chi connectivity index (χ1v) is 13.2. The Morgan fingerprint density at radius 2 is 1.63 bits per heavy atom. The highest BCUT2D eigenvalue weighted by atomic mass is 79.9. The summed E-state index contributed by atoms with van der Waals surface area (Å²) in [7, 11) is -3.63. The Hall–Kier alpha value is -2.50. The fourth-order valence-corrected chi connectivity index (χ4v) is 5.83. The van der Waals surface area contributed by atoms with Crippen LogP contribution in [-0.4, -0.2) is 48.9 Å². The van der Waals surface area contributed by atoms with Crippen LogP contribution in [0, 0.1) is 13.8 Å². The molecule has 0 atom stereocenters. The number of benzene rings is 2. The van der Waals surface area contributed by atoms with E-state index in [1.54, 1.807) is 37.3 Å². The molecule has 186 valence electrons. The smallest absolute Gasteiger partial charge is 0.354 e. The molecule has 1 fully saturated rings. The van der Waals surface area contributed by atoms with E-state index in [2.05, 4.69) is 25.9 Å². The summed E-state index contributed by atoms with van der Waals surface area (Å²) in [6, 6.07) is 11.8. The van der Waals surface area contributed by atoms with Gasteiger partial charge in [0.1, 0.15) is 11.6 Å². The van der Waals surface area contributed by atoms with Gasteiger partial charge in [-0.1, -0.05) is 34.1 Å². The quantitative estimate of drug-likeness (QED) is 0.434. The number of anilines is 1. The molecular formula is C24H24BrF3N4O2S. The van der Waals surface area contributed by atoms with Crippen LogP contribution in [0.3, 0.4) is 0 Å². The molecule has 0 aliphatic carbocycles. The van der Waals surface area contributed by atoms with Crippen LogP contribution in [0.15, 0.2) is 57.9 Å². The maximum Gasteiger partial charge on any atom is 0.416 e. The zero-order chi connectivity index (χ0) is 25.4. The van der Waals surface area contributed by atoms with E-state index in [0.29, 0.717) is 36.0 Å². The summed E-state index contributed by atoms with van der Waals surface area (Å²) in [5.74, 6) is 1.18. The second kappa shape index (κ2) is 9.87. The van der Waals surface area contributed by atoms with E-state index in [-0.39, 0.29) is 24.4 Å². The molecule has 35 heavy (non-hydrogen) atoms. The van der Waals surface area contributed by atoms with Crippen LogP contribution in [0.1, 0.15) is 28.2 Å². The monoisotopic (exact) mass is 568 g/mol. The van der Waals surface area contributed by atoms with E-state index < -0.39 is 21.8 Å². The maximum absolute atomic E-state index is 13.2. The summed E-state index contributed by atoms with van der Waals surface area (Å²) in [5.41, 5.74) is 1.23. The lowest BCUT2D eigenvalue weighted by Crippen LogP contribution is -2.49. The summed E-state index contributed by atoms with van der Waals surface area (Å²) in [6.07, 6.45) is -4.18. The highest BCUT2D eigenvalue weighted by Crippen LogP contribution is 2.31. The molecule has 0 unspecified atom stereocenters. The molecule has 2 heterocycles. The number of alkyl halides is 3. The highest BCUT2D eigenvalue weighted by molar-refractivity contribution is 9.10. The summed E-state index contributed by atoms with van der Waals surface area (Å²) in [6.45, 7) is 4.92. The average Bonchev–Trinajstić information content (AvgIpc) is 2.81. The molecule has 1 aliphatic rings. The Bertz CT molecular complexity index is 1320. The van der Waals surface area contributed by atoms with Crippen molar-refractivity contribution in [2.45, 2.75) is 31.3 Å². The summed E-state index contributed by atoms with van der Waals surface area (Å²) >= 11 is 3.31. The first-order valence-electron chi connectivity index (χ1n) is 11.0. The summed E-state index contributed by atoms with van der Waals surface area (Å²) < 4.78 is 67.9. The van der Waals surface area contributed by atoms with Gasteiger partial charge in [-0.15, -0.1) is 0 Å². The average molecular weight is 569 g/mol. The Morgan fingerprint density at radius 1 is 0.971 bits per heavy atom. The van der Waals surface area contributed by atoms with Gasteiger partial charge in [-0.25, -0.2) is 18.4 Å². The molecule has 4 rings (SSSR count). The molecule has 3 aromatic rings. The molecule has 0 saturated carbocycles. The van der Waals surface area contributed by atoms with Crippen molar-refractivity contribution in [3.05, 3.63) is 81.2 Å². The Kier molecular flexibility index (Phi) is 7.21. The van der Waals surface area contributed by atoms with E-state index in [4.69, 9.17) is 0 Å². The van der Waals surface area contributed by atoms with Crippen LogP contribution in [-0.2, 0) is 22.6 Å². The van der Waals surface area contributed by atoms with E-state index in [1.807, 2.05) is 11.8 Å². The second-order valence-electron chi connectivity index (χ2n) is 8.38. The minimum Gasteiger partial charge on any atom is -0.354 e. The van der Waals surface area contributed by atoms with Crippen LogP contribution in [0.25, 0.3) is 0 Å². The van der Waals surface area contributed by atoms with Crippen LogP contribution in [0.4, 0.5) is 19.0 Å². The fourth-order valence-electron chi connectivity index (χ4n) is 4.14. The minimum atomic E-state index is -4.42.